The number of alkyl halides is 2. The second kappa shape index (κ2) is 9.23. The van der Waals surface area contributed by atoms with E-state index in [1.165, 1.54) is 12.4 Å². The SMILES string of the molecule is Cc1ncc(-c2cnc3cnc(NC(=O)N4CCCCC4)cc3c2NC(CF)CF)o1. The van der Waals surface area contributed by atoms with Crippen LogP contribution in [0.1, 0.15) is 25.2 Å². The van der Waals surface area contributed by atoms with Gasteiger partial charge in [-0.15, -0.1) is 0 Å². The smallest absolute Gasteiger partial charge is 0.323 e. The lowest BCUT2D eigenvalue weighted by Gasteiger charge is -2.26. The molecule has 1 aliphatic heterocycles. The second-order valence-electron chi connectivity index (χ2n) is 7.50. The normalized spacial score (nSPS) is 14.3. The first kappa shape index (κ1) is 21.0. The predicted molar refractivity (Wildman–Crippen MR) is 114 cm³/mol. The average molecular weight is 430 g/mol. The lowest BCUT2D eigenvalue weighted by molar-refractivity contribution is 0.200. The van der Waals surface area contributed by atoms with Crippen LogP contribution >= 0.6 is 0 Å². The first-order valence-electron chi connectivity index (χ1n) is 10.2. The minimum Gasteiger partial charge on any atom is -0.441 e. The number of carbonyl (C=O) groups excluding carboxylic acids is 1. The van der Waals surface area contributed by atoms with E-state index in [0.29, 0.717) is 52.7 Å². The number of anilines is 2. The summed E-state index contributed by atoms with van der Waals surface area (Å²) in [5.74, 6) is 1.20. The molecule has 0 bridgehead atoms. The molecule has 3 aromatic rings. The Morgan fingerprint density at radius 2 is 1.90 bits per heavy atom. The summed E-state index contributed by atoms with van der Waals surface area (Å²) in [6.07, 6.45) is 7.67. The van der Waals surface area contributed by atoms with E-state index in [-0.39, 0.29) is 6.03 Å². The monoisotopic (exact) mass is 430 g/mol. The zero-order chi connectivity index (χ0) is 21.8. The summed E-state index contributed by atoms with van der Waals surface area (Å²) in [6.45, 7) is 1.34. The highest BCUT2D eigenvalue weighted by Crippen LogP contribution is 2.35. The van der Waals surface area contributed by atoms with Crippen molar-refractivity contribution in [3.63, 3.8) is 0 Å². The molecular formula is C21H24F2N6O2. The lowest BCUT2D eigenvalue weighted by Crippen LogP contribution is -2.38. The minimum absolute atomic E-state index is 0.221. The fourth-order valence-electron chi connectivity index (χ4n) is 3.60. The zero-order valence-corrected chi connectivity index (χ0v) is 17.2. The molecule has 4 rings (SSSR count). The van der Waals surface area contributed by atoms with Gasteiger partial charge >= 0.3 is 6.03 Å². The third-order valence-corrected chi connectivity index (χ3v) is 5.24. The molecule has 4 heterocycles. The maximum Gasteiger partial charge on any atom is 0.323 e. The number of aryl methyl sites for hydroxylation is 1. The number of nitrogens with one attached hydrogen (secondary N) is 2. The molecule has 2 N–H and O–H groups in total. The van der Waals surface area contributed by atoms with Crippen LogP contribution < -0.4 is 10.6 Å². The molecule has 31 heavy (non-hydrogen) atoms. The number of amides is 2. The lowest BCUT2D eigenvalue weighted by atomic mass is 10.1. The highest BCUT2D eigenvalue weighted by Gasteiger charge is 2.20. The number of halogens is 2. The molecule has 8 nitrogen and oxygen atoms in total. The van der Waals surface area contributed by atoms with Gasteiger partial charge in [-0.25, -0.2) is 23.5 Å². The fourth-order valence-corrected chi connectivity index (χ4v) is 3.60. The number of likely N-dealkylation sites (tertiary alicyclic amines) is 1. The number of fused-ring (bicyclic) bond motifs is 1. The van der Waals surface area contributed by atoms with Gasteiger partial charge in [0.15, 0.2) is 11.7 Å². The van der Waals surface area contributed by atoms with Crippen molar-refractivity contribution in [3.8, 4) is 11.3 Å². The van der Waals surface area contributed by atoms with Gasteiger partial charge in [-0.1, -0.05) is 0 Å². The molecule has 0 saturated carbocycles. The van der Waals surface area contributed by atoms with Crippen LogP contribution in [0, 0.1) is 6.92 Å². The van der Waals surface area contributed by atoms with Gasteiger partial charge in [0.05, 0.1) is 35.2 Å². The van der Waals surface area contributed by atoms with Crippen molar-refractivity contribution in [3.05, 3.63) is 30.5 Å². The molecule has 0 aromatic carbocycles. The highest BCUT2D eigenvalue weighted by atomic mass is 19.1. The van der Waals surface area contributed by atoms with Crippen molar-refractivity contribution in [1.29, 1.82) is 0 Å². The Bertz CT molecular complexity index is 1060. The average Bonchev–Trinajstić information content (AvgIpc) is 3.23. The number of hydrogen-bond acceptors (Lipinski definition) is 6. The van der Waals surface area contributed by atoms with Gasteiger partial charge in [-0.05, 0) is 25.3 Å². The maximum atomic E-state index is 13.3. The van der Waals surface area contributed by atoms with E-state index in [2.05, 4.69) is 25.6 Å². The Hall–Kier alpha value is -3.30. The van der Waals surface area contributed by atoms with Crippen LogP contribution in [0.4, 0.5) is 25.1 Å². The molecule has 2 amide bonds. The van der Waals surface area contributed by atoms with Gasteiger partial charge in [-0.2, -0.15) is 0 Å². The van der Waals surface area contributed by atoms with Crippen molar-refractivity contribution in [2.75, 3.05) is 37.1 Å². The number of oxazole rings is 1. The Morgan fingerprint density at radius 3 is 2.58 bits per heavy atom. The number of rotatable bonds is 6. The van der Waals surface area contributed by atoms with E-state index in [4.69, 9.17) is 4.42 Å². The van der Waals surface area contributed by atoms with E-state index in [1.54, 1.807) is 24.1 Å². The van der Waals surface area contributed by atoms with Crippen molar-refractivity contribution < 1.29 is 18.0 Å². The van der Waals surface area contributed by atoms with Gasteiger partial charge in [0, 0.05) is 31.6 Å². The zero-order valence-electron chi connectivity index (χ0n) is 17.2. The maximum absolute atomic E-state index is 13.3. The van der Waals surface area contributed by atoms with Gasteiger partial charge in [0.2, 0.25) is 0 Å². The van der Waals surface area contributed by atoms with Gasteiger partial charge in [-0.3, -0.25) is 10.3 Å². The molecule has 0 aliphatic carbocycles. The molecular weight excluding hydrogens is 406 g/mol. The van der Waals surface area contributed by atoms with Crippen LogP contribution in [0.2, 0.25) is 0 Å². The highest BCUT2D eigenvalue weighted by molar-refractivity contribution is 6.00. The van der Waals surface area contributed by atoms with Crippen LogP contribution in [0.3, 0.4) is 0 Å². The third kappa shape index (κ3) is 4.57. The van der Waals surface area contributed by atoms with Gasteiger partial charge < -0.3 is 14.6 Å². The van der Waals surface area contributed by atoms with Gasteiger partial charge in [0.25, 0.3) is 0 Å². The van der Waals surface area contributed by atoms with E-state index < -0.39 is 19.4 Å². The number of nitrogens with zero attached hydrogens (tertiary/aromatic N) is 4. The molecule has 3 aromatic heterocycles. The van der Waals surface area contributed by atoms with Crippen molar-refractivity contribution in [2.45, 2.75) is 32.2 Å². The molecule has 10 heteroatoms. The minimum atomic E-state index is -1.03. The molecule has 164 valence electrons. The summed E-state index contributed by atoms with van der Waals surface area (Å²) in [5.41, 5.74) is 1.46. The largest absolute Gasteiger partial charge is 0.441 e. The number of piperidine rings is 1. The van der Waals surface area contributed by atoms with E-state index in [0.717, 1.165) is 19.3 Å². The van der Waals surface area contributed by atoms with Crippen molar-refractivity contribution >= 4 is 28.4 Å². The Labute approximate surface area is 178 Å². The predicted octanol–water partition coefficient (Wildman–Crippen LogP) is 4.33. The number of urea groups is 1. The summed E-state index contributed by atoms with van der Waals surface area (Å²) >= 11 is 0. The first-order valence-corrected chi connectivity index (χ1v) is 10.2. The van der Waals surface area contributed by atoms with Crippen LogP contribution in [0.5, 0.6) is 0 Å². The molecule has 1 fully saturated rings. The fraction of sp³-hybridized carbons (Fsp3) is 0.429. The second-order valence-corrected chi connectivity index (χ2v) is 7.50. The Balaban J connectivity index is 1.73. The number of carbonyl (C=O) groups is 1. The number of pyridine rings is 2. The molecule has 0 unspecified atom stereocenters. The molecule has 1 aliphatic rings. The summed E-state index contributed by atoms with van der Waals surface area (Å²) in [4.78, 5) is 27.1. The summed E-state index contributed by atoms with van der Waals surface area (Å²) < 4.78 is 32.2. The Morgan fingerprint density at radius 1 is 1.13 bits per heavy atom. The summed E-state index contributed by atoms with van der Waals surface area (Å²) in [5, 5.41) is 6.28. The molecule has 0 atom stereocenters. The molecule has 1 saturated heterocycles. The van der Waals surface area contributed by atoms with E-state index in [9.17, 15) is 13.6 Å². The summed E-state index contributed by atoms with van der Waals surface area (Å²) in [6, 6.07) is 0.390. The Kier molecular flexibility index (Phi) is 6.24. The molecule has 0 spiro atoms. The summed E-state index contributed by atoms with van der Waals surface area (Å²) in [7, 11) is 0. The quantitative estimate of drug-likeness (QED) is 0.604. The van der Waals surface area contributed by atoms with Crippen LogP contribution in [0.15, 0.2) is 29.1 Å². The van der Waals surface area contributed by atoms with Crippen molar-refractivity contribution in [1.82, 2.24) is 19.9 Å². The first-order chi connectivity index (χ1) is 15.1. The number of hydrogen-bond donors (Lipinski definition) is 2. The van der Waals surface area contributed by atoms with E-state index in [1.807, 2.05) is 0 Å². The molecule has 0 radical (unpaired) electrons. The van der Waals surface area contributed by atoms with Crippen LogP contribution in [-0.2, 0) is 0 Å². The van der Waals surface area contributed by atoms with Gasteiger partial charge in [0.1, 0.15) is 19.2 Å². The number of aromatic nitrogens is 3. The topological polar surface area (TPSA) is 96.2 Å². The third-order valence-electron chi connectivity index (χ3n) is 5.24. The standard InChI is InChI=1S/C21H24F2N6O2/c1-13-24-12-18(31-13)16-10-25-17-11-26-19(28-21(30)29-5-3-2-4-6-29)7-15(17)20(16)27-14(8-22)9-23/h7,10-12,14H,2-6,8-9H2,1H3,(H,25,27)(H,26,28,30). The van der Waals surface area contributed by atoms with Crippen molar-refractivity contribution in [2.24, 2.45) is 0 Å². The van der Waals surface area contributed by atoms with Crippen LogP contribution in [0.25, 0.3) is 22.2 Å². The van der Waals surface area contributed by atoms with Crippen LogP contribution in [-0.4, -0.2) is 58.4 Å². The van der Waals surface area contributed by atoms with E-state index >= 15 is 0 Å².